The predicted molar refractivity (Wildman–Crippen MR) is 124 cm³/mol. The molecule has 33 heavy (non-hydrogen) atoms. The summed E-state index contributed by atoms with van der Waals surface area (Å²) in [5, 5.41) is 7.42. The van der Waals surface area contributed by atoms with Gasteiger partial charge in [0.15, 0.2) is 17.1 Å². The lowest BCUT2D eigenvalue weighted by molar-refractivity contribution is 0.102. The van der Waals surface area contributed by atoms with E-state index in [0.717, 1.165) is 22.5 Å². The summed E-state index contributed by atoms with van der Waals surface area (Å²) in [6, 6.07) is 27.1. The van der Waals surface area contributed by atoms with Gasteiger partial charge in [-0.1, -0.05) is 60.7 Å². The van der Waals surface area contributed by atoms with Crippen LogP contribution in [0.3, 0.4) is 0 Å². The lowest BCUT2D eigenvalue weighted by Crippen LogP contribution is -2.12. The Balaban J connectivity index is 1.45. The molecule has 0 saturated carbocycles. The number of amides is 1. The molecule has 1 aliphatic rings. The third-order valence-corrected chi connectivity index (χ3v) is 5.49. The first kappa shape index (κ1) is 19.1. The first-order valence-corrected chi connectivity index (χ1v) is 10.5. The largest absolute Gasteiger partial charge is 0.454 e. The van der Waals surface area contributed by atoms with Crippen LogP contribution in [0.2, 0.25) is 0 Å². The minimum atomic E-state index is -0.305. The normalized spacial score (nSPS) is 12.1. The average Bonchev–Trinajstić information content (AvgIpc) is 3.51. The smallest absolute Gasteiger partial charge is 0.261 e. The van der Waals surface area contributed by atoms with E-state index in [-0.39, 0.29) is 12.7 Å². The lowest BCUT2D eigenvalue weighted by Gasteiger charge is -2.10. The fourth-order valence-corrected chi connectivity index (χ4v) is 3.87. The molecule has 6 rings (SSSR count). The van der Waals surface area contributed by atoms with Gasteiger partial charge < -0.3 is 14.8 Å². The van der Waals surface area contributed by atoms with E-state index < -0.39 is 0 Å². The number of hydrogen-bond donors (Lipinski definition) is 1. The van der Waals surface area contributed by atoms with E-state index in [4.69, 9.17) is 14.5 Å². The van der Waals surface area contributed by atoms with Crippen LogP contribution in [-0.4, -0.2) is 27.3 Å². The molecule has 1 N–H and O–H groups in total. The maximum atomic E-state index is 13.2. The van der Waals surface area contributed by atoms with E-state index in [2.05, 4.69) is 10.4 Å². The van der Waals surface area contributed by atoms with Gasteiger partial charge in [-0.3, -0.25) is 4.79 Å². The maximum absolute atomic E-state index is 13.2. The Bertz CT molecular complexity index is 1480. The van der Waals surface area contributed by atoms with Crippen molar-refractivity contribution in [2.45, 2.75) is 0 Å². The molecule has 3 heterocycles. The predicted octanol–water partition coefficient (Wildman–Crippen LogP) is 5.04. The van der Waals surface area contributed by atoms with Crippen molar-refractivity contribution in [2.24, 2.45) is 0 Å². The van der Waals surface area contributed by atoms with Crippen molar-refractivity contribution in [1.29, 1.82) is 0 Å². The van der Waals surface area contributed by atoms with E-state index >= 15 is 0 Å². The topological polar surface area (TPSA) is 77.8 Å². The van der Waals surface area contributed by atoms with E-state index in [0.29, 0.717) is 28.4 Å². The van der Waals surface area contributed by atoms with Gasteiger partial charge >= 0.3 is 0 Å². The molecule has 3 aromatic carbocycles. The van der Waals surface area contributed by atoms with Gasteiger partial charge in [-0.05, 0) is 18.2 Å². The molecular formula is C26H18N4O3. The standard InChI is InChI=1S/C26H18N4O3/c31-26(28-19-11-12-23-24(13-19)33-16-32-23)20-15-27-30-22(18-9-5-2-6-10-18)14-21(29-25(20)30)17-7-3-1-4-8-17/h1-15H,16H2,(H,28,31). The number of fused-ring (bicyclic) bond motifs is 2. The third kappa shape index (κ3) is 3.45. The SMILES string of the molecule is O=C(Nc1ccc2c(c1)OCO2)c1cnn2c(-c3ccccc3)cc(-c3ccccc3)nc12. The molecule has 5 aromatic rings. The van der Waals surface area contributed by atoms with Crippen LogP contribution in [0.15, 0.2) is 91.1 Å². The second kappa shape index (κ2) is 7.80. The van der Waals surface area contributed by atoms with Gasteiger partial charge in [0.1, 0.15) is 5.56 Å². The number of benzene rings is 3. The van der Waals surface area contributed by atoms with Gasteiger partial charge in [0.25, 0.3) is 5.91 Å². The van der Waals surface area contributed by atoms with Crippen molar-refractivity contribution in [3.63, 3.8) is 0 Å². The molecule has 0 spiro atoms. The van der Waals surface area contributed by atoms with Crippen LogP contribution in [0.25, 0.3) is 28.2 Å². The summed E-state index contributed by atoms with van der Waals surface area (Å²) in [6.45, 7) is 0.176. The summed E-state index contributed by atoms with van der Waals surface area (Å²) in [4.78, 5) is 18.0. The summed E-state index contributed by atoms with van der Waals surface area (Å²) >= 11 is 0. The minimum Gasteiger partial charge on any atom is -0.454 e. The van der Waals surface area contributed by atoms with Crippen molar-refractivity contribution in [3.8, 4) is 34.0 Å². The molecule has 2 aromatic heterocycles. The van der Waals surface area contributed by atoms with Crippen LogP contribution in [0.5, 0.6) is 11.5 Å². The van der Waals surface area contributed by atoms with Crippen molar-refractivity contribution in [1.82, 2.24) is 14.6 Å². The van der Waals surface area contributed by atoms with Crippen LogP contribution in [0, 0.1) is 0 Å². The Labute approximate surface area is 189 Å². The van der Waals surface area contributed by atoms with E-state index in [1.54, 1.807) is 28.9 Å². The number of carbonyl (C=O) groups excluding carboxylic acids is 1. The quantitative estimate of drug-likeness (QED) is 0.429. The summed E-state index contributed by atoms with van der Waals surface area (Å²) in [5.74, 6) is 0.953. The van der Waals surface area contributed by atoms with Gasteiger partial charge in [-0.2, -0.15) is 5.10 Å². The number of anilines is 1. The third-order valence-electron chi connectivity index (χ3n) is 5.49. The number of hydrogen-bond acceptors (Lipinski definition) is 5. The second-order valence-corrected chi connectivity index (χ2v) is 7.57. The van der Waals surface area contributed by atoms with Crippen LogP contribution in [-0.2, 0) is 0 Å². The Morgan fingerprint density at radius 3 is 2.36 bits per heavy atom. The zero-order valence-corrected chi connectivity index (χ0v) is 17.4. The summed E-state index contributed by atoms with van der Waals surface area (Å²) in [7, 11) is 0. The van der Waals surface area contributed by atoms with Gasteiger partial charge in [0.05, 0.1) is 17.6 Å². The van der Waals surface area contributed by atoms with Crippen molar-refractivity contribution in [3.05, 3.63) is 96.7 Å². The molecule has 7 nitrogen and oxygen atoms in total. The van der Waals surface area contributed by atoms with Crippen molar-refractivity contribution >= 4 is 17.2 Å². The zero-order chi connectivity index (χ0) is 22.2. The van der Waals surface area contributed by atoms with Gasteiger partial charge in [-0.25, -0.2) is 9.50 Å². The molecule has 0 saturated heterocycles. The molecule has 0 unspecified atom stereocenters. The van der Waals surface area contributed by atoms with E-state index in [1.165, 1.54) is 0 Å². The molecule has 0 fully saturated rings. The average molecular weight is 434 g/mol. The highest BCUT2D eigenvalue weighted by atomic mass is 16.7. The van der Waals surface area contributed by atoms with E-state index in [1.807, 2.05) is 66.7 Å². The fraction of sp³-hybridized carbons (Fsp3) is 0.0385. The number of rotatable bonds is 4. The summed E-state index contributed by atoms with van der Waals surface area (Å²) < 4.78 is 12.5. The Hall–Kier alpha value is -4.65. The monoisotopic (exact) mass is 434 g/mol. The summed E-state index contributed by atoms with van der Waals surface area (Å²) in [5.41, 5.74) is 5.01. The minimum absolute atomic E-state index is 0.176. The van der Waals surface area contributed by atoms with Crippen molar-refractivity contribution in [2.75, 3.05) is 12.1 Å². The first-order chi connectivity index (χ1) is 16.3. The van der Waals surface area contributed by atoms with Gasteiger partial charge in [0.2, 0.25) is 6.79 Å². The highest BCUT2D eigenvalue weighted by Crippen LogP contribution is 2.34. The molecule has 1 aliphatic heterocycles. The van der Waals surface area contributed by atoms with Crippen LogP contribution in [0.4, 0.5) is 5.69 Å². The highest BCUT2D eigenvalue weighted by molar-refractivity contribution is 6.08. The molecule has 0 radical (unpaired) electrons. The number of carbonyl (C=O) groups is 1. The molecule has 0 aliphatic carbocycles. The second-order valence-electron chi connectivity index (χ2n) is 7.57. The maximum Gasteiger partial charge on any atom is 0.261 e. The first-order valence-electron chi connectivity index (χ1n) is 10.5. The number of aromatic nitrogens is 3. The number of nitrogens with one attached hydrogen (secondary N) is 1. The molecule has 0 bridgehead atoms. The molecule has 7 heteroatoms. The van der Waals surface area contributed by atoms with Gasteiger partial charge in [0, 0.05) is 22.9 Å². The van der Waals surface area contributed by atoms with Gasteiger partial charge in [-0.15, -0.1) is 0 Å². The molecule has 160 valence electrons. The molecular weight excluding hydrogens is 416 g/mol. The number of nitrogens with zero attached hydrogens (tertiary/aromatic N) is 3. The molecule has 0 atom stereocenters. The summed E-state index contributed by atoms with van der Waals surface area (Å²) in [6.07, 6.45) is 1.55. The highest BCUT2D eigenvalue weighted by Gasteiger charge is 2.20. The van der Waals surface area contributed by atoms with Crippen LogP contribution < -0.4 is 14.8 Å². The Morgan fingerprint density at radius 1 is 0.848 bits per heavy atom. The molecule has 1 amide bonds. The van der Waals surface area contributed by atoms with E-state index in [9.17, 15) is 4.79 Å². The van der Waals surface area contributed by atoms with Crippen LogP contribution in [0.1, 0.15) is 10.4 Å². The Kier molecular flexibility index (Phi) is 4.51. The van der Waals surface area contributed by atoms with Crippen LogP contribution >= 0.6 is 0 Å². The zero-order valence-electron chi connectivity index (χ0n) is 17.4. The van der Waals surface area contributed by atoms with Crippen molar-refractivity contribution < 1.29 is 14.3 Å². The lowest BCUT2D eigenvalue weighted by atomic mass is 10.1. The Morgan fingerprint density at radius 2 is 1.58 bits per heavy atom. The number of ether oxygens (including phenoxy) is 2. The fourth-order valence-electron chi connectivity index (χ4n) is 3.87.